The van der Waals surface area contributed by atoms with Crippen molar-refractivity contribution in [2.24, 2.45) is 0 Å². The summed E-state index contributed by atoms with van der Waals surface area (Å²) in [6.45, 7) is 4.68. The number of hydrogen-bond donors (Lipinski definition) is 4. The molecule has 1 saturated carbocycles. The van der Waals surface area contributed by atoms with Gasteiger partial charge in [-0.2, -0.15) is 8.78 Å². The summed E-state index contributed by atoms with van der Waals surface area (Å²) in [7, 11) is 0. The van der Waals surface area contributed by atoms with Gasteiger partial charge in [0.1, 0.15) is 30.7 Å². The first-order chi connectivity index (χ1) is 14.3. The number of nitrogens with two attached hydrogens (primary N) is 1. The van der Waals surface area contributed by atoms with E-state index in [0.717, 1.165) is 24.6 Å². The van der Waals surface area contributed by atoms with Gasteiger partial charge in [0.15, 0.2) is 0 Å². The molecule has 2 atom stereocenters. The predicted octanol–water partition coefficient (Wildman–Crippen LogP) is 4.46. The lowest BCUT2D eigenvalue weighted by molar-refractivity contribution is -0.0556. The van der Waals surface area contributed by atoms with E-state index < -0.39 is 18.7 Å². The van der Waals surface area contributed by atoms with Gasteiger partial charge in [0, 0.05) is 11.8 Å². The zero-order chi connectivity index (χ0) is 22.7. The number of hydrogen-bond acceptors (Lipinski definition) is 6. The van der Waals surface area contributed by atoms with Gasteiger partial charge in [-0.05, 0) is 26.2 Å². The van der Waals surface area contributed by atoms with E-state index in [1.165, 1.54) is 18.5 Å². The molecule has 0 spiro atoms. The summed E-state index contributed by atoms with van der Waals surface area (Å²) in [5.74, 6) is -2.44. The highest BCUT2D eigenvalue weighted by atomic mass is 19.3. The molecule has 2 aromatic rings. The lowest BCUT2D eigenvalue weighted by Gasteiger charge is -2.17. The Hall–Kier alpha value is -2.68. The lowest BCUT2D eigenvalue weighted by Crippen LogP contribution is -2.26. The topological polar surface area (TPSA) is 108 Å². The molecule has 0 amide bonds. The molecule has 0 radical (unpaired) electrons. The van der Waals surface area contributed by atoms with Crippen molar-refractivity contribution in [3.05, 3.63) is 47.3 Å². The molecule has 1 aromatic carbocycles. The van der Waals surface area contributed by atoms with Gasteiger partial charge in [0.25, 0.3) is 5.92 Å². The van der Waals surface area contributed by atoms with Crippen molar-refractivity contribution in [2.75, 3.05) is 17.7 Å². The van der Waals surface area contributed by atoms with Crippen molar-refractivity contribution in [3.8, 4) is 0 Å². The maximum Gasteiger partial charge on any atom is 0.295 e. The molecule has 1 aromatic heterocycles. The Morgan fingerprint density at radius 3 is 2.37 bits per heavy atom. The standard InChI is InChI=1S/C10H14FN5.C9H10F2O.C2H6/c11-7-2-1-3-8(7)16-10-6(4-12)9(13)14-5-15-10;1-7-2-4-8(5-3-7)9(10,11)6-12;1-2/h4-5,7-8,12H,1-3H2,(H3,13,14,15,16);2-5,12H,6H2,1H3;1-2H3. The number of benzene rings is 1. The van der Waals surface area contributed by atoms with Crippen LogP contribution >= 0.6 is 0 Å². The first-order valence-electron chi connectivity index (χ1n) is 9.86. The Morgan fingerprint density at radius 1 is 1.23 bits per heavy atom. The van der Waals surface area contributed by atoms with Crippen LogP contribution in [-0.2, 0) is 5.92 Å². The fourth-order valence-corrected chi connectivity index (χ4v) is 2.81. The Kier molecular flexibility index (Phi) is 10.2. The molecule has 1 aliphatic rings. The van der Waals surface area contributed by atoms with E-state index in [1.54, 1.807) is 12.1 Å². The lowest BCUT2D eigenvalue weighted by atomic mass is 10.1. The third-order valence-electron chi connectivity index (χ3n) is 4.49. The summed E-state index contributed by atoms with van der Waals surface area (Å²) in [6.07, 6.45) is 3.78. The number of nitrogens with zero attached hydrogens (tertiary/aromatic N) is 2. The molecule has 0 aliphatic heterocycles. The van der Waals surface area contributed by atoms with Crippen molar-refractivity contribution >= 4 is 17.9 Å². The van der Waals surface area contributed by atoms with Crippen LogP contribution in [0.5, 0.6) is 0 Å². The van der Waals surface area contributed by atoms with E-state index in [0.29, 0.717) is 17.8 Å². The second-order valence-corrected chi connectivity index (χ2v) is 6.59. The molecule has 30 heavy (non-hydrogen) atoms. The van der Waals surface area contributed by atoms with Crippen LogP contribution in [0.4, 0.5) is 24.8 Å². The van der Waals surface area contributed by atoms with Crippen molar-refractivity contribution < 1.29 is 18.3 Å². The summed E-state index contributed by atoms with van der Waals surface area (Å²) in [4.78, 5) is 7.77. The van der Waals surface area contributed by atoms with E-state index >= 15 is 0 Å². The maximum atomic E-state index is 13.4. The van der Waals surface area contributed by atoms with E-state index in [-0.39, 0.29) is 17.4 Å². The Balaban J connectivity index is 0.000000287. The van der Waals surface area contributed by atoms with Gasteiger partial charge in [-0.25, -0.2) is 14.4 Å². The Labute approximate surface area is 175 Å². The molecule has 1 aliphatic carbocycles. The number of aromatic nitrogens is 2. The monoisotopic (exact) mass is 425 g/mol. The quantitative estimate of drug-likeness (QED) is 0.529. The van der Waals surface area contributed by atoms with Gasteiger partial charge in [-0.15, -0.1) is 0 Å². The van der Waals surface area contributed by atoms with Gasteiger partial charge >= 0.3 is 0 Å². The van der Waals surface area contributed by atoms with Crippen molar-refractivity contribution in [1.82, 2.24) is 9.97 Å². The number of anilines is 2. The van der Waals surface area contributed by atoms with Crippen LogP contribution in [0.15, 0.2) is 30.6 Å². The largest absolute Gasteiger partial charge is 0.390 e. The zero-order valence-electron chi connectivity index (χ0n) is 17.5. The summed E-state index contributed by atoms with van der Waals surface area (Å²) in [5.41, 5.74) is 6.80. The smallest absolute Gasteiger partial charge is 0.295 e. The van der Waals surface area contributed by atoms with E-state index in [1.807, 2.05) is 20.8 Å². The van der Waals surface area contributed by atoms with Crippen LogP contribution < -0.4 is 11.1 Å². The van der Waals surface area contributed by atoms with Crippen LogP contribution in [0.3, 0.4) is 0 Å². The number of aliphatic hydroxyl groups excluding tert-OH is 1. The van der Waals surface area contributed by atoms with Crippen LogP contribution in [0.2, 0.25) is 0 Å². The fraction of sp³-hybridized carbons (Fsp3) is 0.476. The van der Waals surface area contributed by atoms with Crippen LogP contribution in [0, 0.1) is 12.3 Å². The predicted molar refractivity (Wildman–Crippen MR) is 114 cm³/mol. The molecular formula is C21H30F3N5O. The first-order valence-corrected chi connectivity index (χ1v) is 9.86. The number of aliphatic hydroxyl groups is 1. The van der Waals surface area contributed by atoms with Gasteiger partial charge in [-0.1, -0.05) is 43.7 Å². The summed E-state index contributed by atoms with van der Waals surface area (Å²) in [5, 5.41) is 18.6. The van der Waals surface area contributed by atoms with E-state index in [9.17, 15) is 13.2 Å². The fourth-order valence-electron chi connectivity index (χ4n) is 2.81. The summed E-state index contributed by atoms with van der Waals surface area (Å²) >= 11 is 0. The van der Waals surface area contributed by atoms with Gasteiger partial charge < -0.3 is 21.6 Å². The number of aryl methyl sites for hydroxylation is 1. The molecule has 166 valence electrons. The second kappa shape index (κ2) is 12.1. The van der Waals surface area contributed by atoms with Gasteiger partial charge in [0.05, 0.1) is 11.6 Å². The highest BCUT2D eigenvalue weighted by Gasteiger charge is 2.30. The van der Waals surface area contributed by atoms with Crippen molar-refractivity contribution in [1.29, 1.82) is 5.41 Å². The third-order valence-corrected chi connectivity index (χ3v) is 4.49. The normalized spacial score (nSPS) is 17.8. The Morgan fingerprint density at radius 2 is 1.87 bits per heavy atom. The van der Waals surface area contributed by atoms with Crippen LogP contribution in [0.1, 0.15) is 49.8 Å². The molecule has 1 heterocycles. The minimum absolute atomic E-state index is 0.143. The molecular weight excluding hydrogens is 395 g/mol. The molecule has 6 nitrogen and oxygen atoms in total. The minimum atomic E-state index is -3.12. The van der Waals surface area contributed by atoms with Crippen molar-refractivity contribution in [3.63, 3.8) is 0 Å². The minimum Gasteiger partial charge on any atom is -0.390 e. The van der Waals surface area contributed by atoms with E-state index in [2.05, 4.69) is 15.3 Å². The zero-order valence-corrected chi connectivity index (χ0v) is 17.5. The number of nitrogens with one attached hydrogen (secondary N) is 2. The third kappa shape index (κ3) is 6.98. The average molecular weight is 425 g/mol. The molecule has 3 rings (SSSR count). The van der Waals surface area contributed by atoms with Crippen molar-refractivity contribution in [2.45, 2.75) is 58.2 Å². The van der Waals surface area contributed by atoms with Crippen LogP contribution in [-0.4, -0.2) is 40.1 Å². The highest BCUT2D eigenvalue weighted by molar-refractivity contribution is 5.89. The number of halogens is 3. The second-order valence-electron chi connectivity index (χ2n) is 6.59. The first kappa shape index (κ1) is 25.4. The highest BCUT2D eigenvalue weighted by Crippen LogP contribution is 2.27. The molecule has 2 unspecified atom stereocenters. The Bertz CT molecular complexity index is 787. The molecule has 5 N–H and O–H groups in total. The van der Waals surface area contributed by atoms with Gasteiger partial charge in [0.2, 0.25) is 0 Å². The molecule has 0 saturated heterocycles. The SMILES string of the molecule is CC.Cc1ccc(C(F)(F)CO)cc1.N=Cc1c(N)ncnc1NC1CCCC1F. The average Bonchev–Trinajstić information content (AvgIpc) is 3.15. The van der Waals surface area contributed by atoms with E-state index in [4.69, 9.17) is 16.2 Å². The van der Waals surface area contributed by atoms with Gasteiger partial charge in [-0.3, -0.25) is 0 Å². The molecule has 0 bridgehead atoms. The number of rotatable bonds is 5. The molecule has 9 heteroatoms. The summed E-state index contributed by atoms with van der Waals surface area (Å²) in [6, 6.07) is 5.61. The number of alkyl halides is 3. The maximum absolute atomic E-state index is 13.4. The number of nitrogen functional groups attached to an aromatic ring is 1. The molecule has 1 fully saturated rings. The van der Waals surface area contributed by atoms with Crippen LogP contribution in [0.25, 0.3) is 0 Å². The summed E-state index contributed by atoms with van der Waals surface area (Å²) < 4.78 is 38.9.